The lowest BCUT2D eigenvalue weighted by Gasteiger charge is -2.10. The van der Waals surface area contributed by atoms with Crippen molar-refractivity contribution in [3.8, 4) is 11.6 Å². The summed E-state index contributed by atoms with van der Waals surface area (Å²) in [6.45, 7) is 8.95. The SMILES string of the molecule is Cc1cc(C)cc(NS(=O)(=O)c2c(C)[nH]c(-c3nnc(C)o3)c2C)c1. The number of aromatic nitrogens is 3. The van der Waals surface area contributed by atoms with Gasteiger partial charge in [0, 0.05) is 23.9 Å². The molecule has 1 aromatic carbocycles. The Labute approximate surface area is 146 Å². The molecule has 0 aliphatic heterocycles. The Bertz CT molecular complexity index is 1030. The highest BCUT2D eigenvalue weighted by atomic mass is 32.2. The van der Waals surface area contributed by atoms with E-state index < -0.39 is 10.0 Å². The molecule has 2 aromatic heterocycles. The lowest BCUT2D eigenvalue weighted by molar-refractivity contribution is 0.531. The number of nitrogens with one attached hydrogen (secondary N) is 2. The van der Waals surface area contributed by atoms with Crippen LogP contribution >= 0.6 is 0 Å². The first-order chi connectivity index (χ1) is 11.7. The molecule has 0 spiro atoms. The fourth-order valence-electron chi connectivity index (χ4n) is 2.99. The minimum absolute atomic E-state index is 0.192. The van der Waals surface area contributed by atoms with E-state index in [2.05, 4.69) is 19.9 Å². The van der Waals surface area contributed by atoms with Crippen molar-refractivity contribution in [2.24, 2.45) is 0 Å². The molecule has 8 heteroatoms. The Morgan fingerprint density at radius 3 is 2.20 bits per heavy atom. The third-order valence-electron chi connectivity index (χ3n) is 3.85. The van der Waals surface area contributed by atoms with Crippen LogP contribution in [0, 0.1) is 34.6 Å². The summed E-state index contributed by atoms with van der Waals surface area (Å²) in [5.41, 5.74) is 4.08. The maximum Gasteiger partial charge on any atom is 0.264 e. The smallest absolute Gasteiger partial charge is 0.264 e. The third kappa shape index (κ3) is 3.30. The van der Waals surface area contributed by atoms with Crippen LogP contribution in [0.4, 0.5) is 5.69 Å². The van der Waals surface area contributed by atoms with Gasteiger partial charge in [-0.05, 0) is 51.0 Å². The Hall–Kier alpha value is -2.61. The van der Waals surface area contributed by atoms with Crippen LogP contribution in [0.1, 0.15) is 28.3 Å². The van der Waals surface area contributed by atoms with Crippen molar-refractivity contribution in [1.29, 1.82) is 0 Å². The molecule has 0 saturated carbocycles. The van der Waals surface area contributed by atoms with Gasteiger partial charge in [-0.25, -0.2) is 8.42 Å². The van der Waals surface area contributed by atoms with E-state index in [1.54, 1.807) is 32.9 Å². The van der Waals surface area contributed by atoms with Gasteiger partial charge in [-0.15, -0.1) is 10.2 Å². The Balaban J connectivity index is 2.04. The molecule has 0 amide bonds. The molecular weight excluding hydrogens is 340 g/mol. The van der Waals surface area contributed by atoms with E-state index in [-0.39, 0.29) is 10.8 Å². The van der Waals surface area contributed by atoms with Crippen molar-refractivity contribution >= 4 is 15.7 Å². The summed E-state index contributed by atoms with van der Waals surface area (Å²) in [6.07, 6.45) is 0. The molecule has 3 rings (SSSR count). The summed E-state index contributed by atoms with van der Waals surface area (Å²) in [5.74, 6) is 0.686. The molecule has 0 aliphatic rings. The van der Waals surface area contributed by atoms with Crippen LogP contribution in [0.3, 0.4) is 0 Å². The zero-order valence-electron chi connectivity index (χ0n) is 14.8. The molecule has 0 fully saturated rings. The van der Waals surface area contributed by atoms with Gasteiger partial charge >= 0.3 is 0 Å². The highest BCUT2D eigenvalue weighted by molar-refractivity contribution is 7.92. The number of aromatic amines is 1. The number of hydrogen-bond acceptors (Lipinski definition) is 5. The second-order valence-electron chi connectivity index (χ2n) is 6.19. The largest absolute Gasteiger partial charge is 0.420 e. The van der Waals surface area contributed by atoms with Gasteiger partial charge in [-0.1, -0.05) is 6.07 Å². The van der Waals surface area contributed by atoms with Gasteiger partial charge in [0.15, 0.2) is 0 Å². The van der Waals surface area contributed by atoms with Gasteiger partial charge < -0.3 is 9.40 Å². The first kappa shape index (κ1) is 17.2. The molecule has 0 unspecified atom stereocenters. The van der Waals surface area contributed by atoms with E-state index in [4.69, 9.17) is 4.42 Å². The van der Waals surface area contributed by atoms with Crippen LogP contribution < -0.4 is 4.72 Å². The van der Waals surface area contributed by atoms with Crippen LogP contribution in [0.2, 0.25) is 0 Å². The molecule has 3 aromatic rings. The number of H-pyrrole nitrogens is 1. The number of rotatable bonds is 4. The van der Waals surface area contributed by atoms with E-state index in [0.717, 1.165) is 11.1 Å². The third-order valence-corrected chi connectivity index (χ3v) is 5.51. The standard InChI is InChI=1S/C17H20N4O3S/c1-9-6-10(2)8-14(7-9)21-25(22,23)16-11(3)15(18-12(16)4)17-20-19-13(5)24-17/h6-8,18,21H,1-5H3. The van der Waals surface area contributed by atoms with E-state index in [0.29, 0.717) is 28.5 Å². The lowest BCUT2D eigenvalue weighted by Crippen LogP contribution is -2.14. The Morgan fingerprint density at radius 1 is 1.00 bits per heavy atom. The summed E-state index contributed by atoms with van der Waals surface area (Å²) in [5, 5.41) is 7.75. The number of benzene rings is 1. The predicted molar refractivity (Wildman–Crippen MR) is 95.0 cm³/mol. The van der Waals surface area contributed by atoms with Crippen molar-refractivity contribution < 1.29 is 12.8 Å². The maximum absolute atomic E-state index is 12.9. The van der Waals surface area contributed by atoms with Crippen molar-refractivity contribution in [3.05, 3.63) is 46.5 Å². The zero-order chi connectivity index (χ0) is 18.4. The Kier molecular flexibility index (Phi) is 4.16. The van der Waals surface area contributed by atoms with Gasteiger partial charge in [-0.3, -0.25) is 4.72 Å². The number of sulfonamides is 1. The molecule has 132 valence electrons. The fourth-order valence-corrected chi connectivity index (χ4v) is 4.48. The van der Waals surface area contributed by atoms with Gasteiger partial charge in [0.05, 0.1) is 0 Å². The highest BCUT2D eigenvalue weighted by Gasteiger charge is 2.26. The highest BCUT2D eigenvalue weighted by Crippen LogP contribution is 2.31. The minimum Gasteiger partial charge on any atom is -0.420 e. The van der Waals surface area contributed by atoms with Gasteiger partial charge in [0.1, 0.15) is 10.6 Å². The molecule has 0 radical (unpaired) electrons. The normalized spacial score (nSPS) is 11.7. The summed E-state index contributed by atoms with van der Waals surface area (Å²) >= 11 is 0. The summed E-state index contributed by atoms with van der Waals surface area (Å²) in [4.78, 5) is 3.23. The van der Waals surface area contributed by atoms with Crippen LogP contribution in [0.25, 0.3) is 11.6 Å². The van der Waals surface area contributed by atoms with Gasteiger partial charge in [0.25, 0.3) is 15.9 Å². The molecule has 2 heterocycles. The van der Waals surface area contributed by atoms with E-state index in [9.17, 15) is 8.42 Å². The molecule has 7 nitrogen and oxygen atoms in total. The van der Waals surface area contributed by atoms with E-state index >= 15 is 0 Å². The first-order valence-corrected chi connectivity index (χ1v) is 9.26. The number of hydrogen-bond donors (Lipinski definition) is 2. The van der Waals surface area contributed by atoms with Crippen molar-refractivity contribution in [3.63, 3.8) is 0 Å². The van der Waals surface area contributed by atoms with Gasteiger partial charge in [0.2, 0.25) is 5.89 Å². The summed E-state index contributed by atoms with van der Waals surface area (Å²) in [7, 11) is -3.76. The van der Waals surface area contributed by atoms with Crippen LogP contribution in [-0.4, -0.2) is 23.6 Å². The number of nitrogens with zero attached hydrogens (tertiary/aromatic N) is 2. The molecule has 0 atom stereocenters. The van der Waals surface area contributed by atoms with Crippen LogP contribution in [0.5, 0.6) is 0 Å². The quantitative estimate of drug-likeness (QED) is 0.742. The fraction of sp³-hybridized carbons (Fsp3) is 0.294. The van der Waals surface area contributed by atoms with Crippen LogP contribution in [-0.2, 0) is 10.0 Å². The Morgan fingerprint density at radius 2 is 1.64 bits per heavy atom. The zero-order valence-corrected chi connectivity index (χ0v) is 15.6. The second kappa shape index (κ2) is 6.03. The second-order valence-corrected chi connectivity index (χ2v) is 7.81. The molecule has 0 saturated heterocycles. The average Bonchev–Trinajstić information content (AvgIpc) is 3.00. The van der Waals surface area contributed by atoms with E-state index in [1.807, 2.05) is 19.9 Å². The van der Waals surface area contributed by atoms with Crippen LogP contribution in [0.15, 0.2) is 27.5 Å². The maximum atomic E-state index is 12.9. The predicted octanol–water partition coefficient (Wildman–Crippen LogP) is 3.41. The monoisotopic (exact) mass is 360 g/mol. The average molecular weight is 360 g/mol. The van der Waals surface area contributed by atoms with Gasteiger partial charge in [-0.2, -0.15) is 0 Å². The molecule has 25 heavy (non-hydrogen) atoms. The topological polar surface area (TPSA) is 101 Å². The first-order valence-electron chi connectivity index (χ1n) is 7.78. The molecule has 0 bridgehead atoms. The van der Waals surface area contributed by atoms with Crippen molar-refractivity contribution in [2.75, 3.05) is 4.72 Å². The lowest BCUT2D eigenvalue weighted by atomic mass is 10.1. The van der Waals surface area contributed by atoms with Crippen molar-refractivity contribution in [1.82, 2.24) is 15.2 Å². The van der Waals surface area contributed by atoms with Crippen molar-refractivity contribution in [2.45, 2.75) is 39.5 Å². The molecule has 0 aliphatic carbocycles. The van der Waals surface area contributed by atoms with E-state index in [1.165, 1.54) is 0 Å². The summed E-state index contributed by atoms with van der Waals surface area (Å²) < 4.78 is 33.9. The summed E-state index contributed by atoms with van der Waals surface area (Å²) in [6, 6.07) is 5.58. The number of anilines is 1. The molecule has 2 N–H and O–H groups in total. The number of aryl methyl sites for hydroxylation is 4. The minimum atomic E-state index is -3.76. The molecular formula is C17H20N4O3S.